The van der Waals surface area contributed by atoms with Crippen molar-refractivity contribution in [2.75, 3.05) is 18.4 Å². The number of nitrogens with zero attached hydrogens (tertiary/aromatic N) is 5. The van der Waals surface area contributed by atoms with E-state index in [1.165, 1.54) is 0 Å². The molecule has 1 aliphatic heterocycles. The SMILES string of the molecule is O=C(Cc1cccc(Cl)c1)N1CCC(c2cc(NCc3cccnc3)n3ncc(Br)c3n2)CC1. The van der Waals surface area contributed by atoms with Crippen LogP contribution in [0.2, 0.25) is 5.02 Å². The third-order valence-corrected chi connectivity index (χ3v) is 6.95. The fraction of sp³-hybridized carbons (Fsp3) is 0.280. The number of pyridine rings is 1. The van der Waals surface area contributed by atoms with E-state index in [4.69, 9.17) is 16.6 Å². The summed E-state index contributed by atoms with van der Waals surface area (Å²) in [4.78, 5) is 23.9. The molecule has 3 aromatic heterocycles. The van der Waals surface area contributed by atoms with Crippen molar-refractivity contribution < 1.29 is 4.79 Å². The molecule has 7 nitrogen and oxygen atoms in total. The molecule has 174 valence electrons. The lowest BCUT2D eigenvalue weighted by atomic mass is 9.92. The minimum absolute atomic E-state index is 0.140. The van der Waals surface area contributed by atoms with Crippen LogP contribution >= 0.6 is 27.5 Å². The molecule has 0 spiro atoms. The summed E-state index contributed by atoms with van der Waals surface area (Å²) < 4.78 is 2.67. The van der Waals surface area contributed by atoms with Crippen LogP contribution in [0.4, 0.5) is 5.82 Å². The summed E-state index contributed by atoms with van der Waals surface area (Å²) in [6, 6.07) is 13.5. The van der Waals surface area contributed by atoms with E-state index >= 15 is 0 Å². The lowest BCUT2D eigenvalue weighted by molar-refractivity contribution is -0.131. The molecule has 0 bridgehead atoms. The minimum Gasteiger partial charge on any atom is -0.366 e. The molecule has 0 unspecified atom stereocenters. The van der Waals surface area contributed by atoms with Gasteiger partial charge in [0.2, 0.25) is 5.91 Å². The van der Waals surface area contributed by atoms with E-state index < -0.39 is 0 Å². The largest absolute Gasteiger partial charge is 0.366 e. The second kappa shape index (κ2) is 10.1. The summed E-state index contributed by atoms with van der Waals surface area (Å²) in [6.07, 6.45) is 7.50. The Labute approximate surface area is 211 Å². The van der Waals surface area contributed by atoms with Crippen molar-refractivity contribution in [1.29, 1.82) is 0 Å². The minimum atomic E-state index is 0.140. The number of carbonyl (C=O) groups is 1. The fourth-order valence-corrected chi connectivity index (χ4v) is 4.90. The van der Waals surface area contributed by atoms with Gasteiger partial charge >= 0.3 is 0 Å². The number of carbonyl (C=O) groups excluding carboxylic acids is 1. The molecular formula is C25H24BrClN6O. The zero-order valence-electron chi connectivity index (χ0n) is 18.5. The smallest absolute Gasteiger partial charge is 0.226 e. The number of anilines is 1. The van der Waals surface area contributed by atoms with Crippen molar-refractivity contribution in [3.05, 3.63) is 87.4 Å². The Balaban J connectivity index is 1.29. The molecular weight excluding hydrogens is 516 g/mol. The maximum atomic E-state index is 12.8. The van der Waals surface area contributed by atoms with Crippen LogP contribution in [-0.2, 0) is 17.8 Å². The monoisotopic (exact) mass is 538 g/mol. The second-order valence-electron chi connectivity index (χ2n) is 8.47. The van der Waals surface area contributed by atoms with Crippen LogP contribution in [0.3, 0.4) is 0 Å². The van der Waals surface area contributed by atoms with E-state index in [1.807, 2.05) is 52.0 Å². The van der Waals surface area contributed by atoms with Gasteiger partial charge in [-0.05, 0) is 58.1 Å². The van der Waals surface area contributed by atoms with Crippen molar-refractivity contribution in [3.63, 3.8) is 0 Å². The van der Waals surface area contributed by atoms with Crippen molar-refractivity contribution >= 4 is 44.9 Å². The van der Waals surface area contributed by atoms with Crippen molar-refractivity contribution in [3.8, 4) is 0 Å². The van der Waals surface area contributed by atoms with Gasteiger partial charge in [0.15, 0.2) is 5.65 Å². The Morgan fingerprint density at radius 3 is 2.71 bits per heavy atom. The number of hydrogen-bond acceptors (Lipinski definition) is 5. The second-order valence-corrected chi connectivity index (χ2v) is 9.76. The normalized spacial score (nSPS) is 14.5. The highest BCUT2D eigenvalue weighted by Crippen LogP contribution is 2.31. The summed E-state index contributed by atoms with van der Waals surface area (Å²) in [6.45, 7) is 2.08. The van der Waals surface area contributed by atoms with Gasteiger partial charge in [-0.1, -0.05) is 29.8 Å². The van der Waals surface area contributed by atoms with E-state index in [1.54, 1.807) is 12.4 Å². The van der Waals surface area contributed by atoms with Gasteiger partial charge < -0.3 is 10.2 Å². The van der Waals surface area contributed by atoms with E-state index in [-0.39, 0.29) is 11.8 Å². The first-order chi connectivity index (χ1) is 16.6. The zero-order chi connectivity index (χ0) is 23.5. The molecule has 5 rings (SSSR count). The van der Waals surface area contributed by atoms with E-state index in [9.17, 15) is 4.79 Å². The number of likely N-dealkylation sites (tertiary alicyclic amines) is 1. The number of halogens is 2. The molecule has 0 atom stereocenters. The standard InChI is InChI=1S/C25H24BrClN6O/c26-21-16-30-33-23(29-15-18-4-2-8-28-14-18)13-22(31-25(21)33)19-6-9-32(10-7-19)24(34)12-17-3-1-5-20(27)11-17/h1-5,8,11,13-14,16,19,29H,6-7,9-10,12,15H2. The molecule has 9 heteroatoms. The van der Waals surface area contributed by atoms with Crippen LogP contribution in [0.25, 0.3) is 5.65 Å². The Morgan fingerprint density at radius 2 is 1.94 bits per heavy atom. The molecule has 1 aromatic carbocycles. The van der Waals surface area contributed by atoms with Gasteiger partial charge in [0, 0.05) is 54.7 Å². The van der Waals surface area contributed by atoms with Gasteiger partial charge in [0.1, 0.15) is 5.82 Å². The lowest BCUT2D eigenvalue weighted by Gasteiger charge is -2.32. The maximum absolute atomic E-state index is 12.8. The summed E-state index contributed by atoms with van der Waals surface area (Å²) in [5.41, 5.74) is 3.84. The number of aromatic nitrogens is 4. The Hall–Kier alpha value is -2.97. The van der Waals surface area contributed by atoms with E-state index in [2.05, 4.69) is 37.4 Å². The maximum Gasteiger partial charge on any atom is 0.226 e. The summed E-state index contributed by atoms with van der Waals surface area (Å²) in [5, 5.41) is 8.60. The highest BCUT2D eigenvalue weighted by atomic mass is 79.9. The van der Waals surface area contributed by atoms with E-state index in [0.29, 0.717) is 18.0 Å². The number of nitrogens with one attached hydrogen (secondary N) is 1. The van der Waals surface area contributed by atoms with Crippen LogP contribution in [-0.4, -0.2) is 43.5 Å². The van der Waals surface area contributed by atoms with Crippen LogP contribution in [0.15, 0.2) is 65.5 Å². The van der Waals surface area contributed by atoms with Crippen LogP contribution < -0.4 is 5.32 Å². The highest BCUT2D eigenvalue weighted by Gasteiger charge is 2.26. The van der Waals surface area contributed by atoms with E-state index in [0.717, 1.165) is 58.7 Å². The third kappa shape index (κ3) is 5.08. The molecule has 1 saturated heterocycles. The summed E-state index contributed by atoms with van der Waals surface area (Å²) >= 11 is 9.64. The average Bonchev–Trinajstić information content (AvgIpc) is 3.24. The summed E-state index contributed by atoms with van der Waals surface area (Å²) in [5.74, 6) is 1.30. The van der Waals surface area contributed by atoms with Gasteiger partial charge in [-0.3, -0.25) is 9.78 Å². The number of hydrogen-bond donors (Lipinski definition) is 1. The highest BCUT2D eigenvalue weighted by molar-refractivity contribution is 9.10. The van der Waals surface area contributed by atoms with Crippen LogP contribution in [0.5, 0.6) is 0 Å². The third-order valence-electron chi connectivity index (χ3n) is 6.16. The van der Waals surface area contributed by atoms with Crippen LogP contribution in [0.1, 0.15) is 35.6 Å². The topological polar surface area (TPSA) is 75.4 Å². The molecule has 1 N–H and O–H groups in total. The lowest BCUT2D eigenvalue weighted by Crippen LogP contribution is -2.39. The number of rotatable bonds is 6. The molecule has 0 saturated carbocycles. The Morgan fingerprint density at radius 1 is 1.12 bits per heavy atom. The van der Waals surface area contributed by atoms with Crippen molar-refractivity contribution in [1.82, 2.24) is 24.5 Å². The first-order valence-electron chi connectivity index (χ1n) is 11.3. The molecule has 34 heavy (non-hydrogen) atoms. The predicted molar refractivity (Wildman–Crippen MR) is 136 cm³/mol. The van der Waals surface area contributed by atoms with Crippen molar-refractivity contribution in [2.24, 2.45) is 0 Å². The van der Waals surface area contributed by atoms with Gasteiger partial charge in [0.25, 0.3) is 0 Å². The molecule has 1 fully saturated rings. The first kappa shape index (κ1) is 22.8. The molecule has 0 radical (unpaired) electrons. The number of piperidine rings is 1. The van der Waals surface area contributed by atoms with Crippen LogP contribution in [0, 0.1) is 0 Å². The Kier molecular flexibility index (Phi) is 6.78. The molecule has 4 heterocycles. The summed E-state index contributed by atoms with van der Waals surface area (Å²) in [7, 11) is 0. The predicted octanol–water partition coefficient (Wildman–Crippen LogP) is 5.10. The van der Waals surface area contributed by atoms with Crippen molar-refractivity contribution in [2.45, 2.75) is 31.7 Å². The first-order valence-corrected chi connectivity index (χ1v) is 12.4. The average molecular weight is 540 g/mol. The Bertz CT molecular complexity index is 1300. The van der Waals surface area contributed by atoms with Gasteiger partial charge in [-0.2, -0.15) is 9.61 Å². The van der Waals surface area contributed by atoms with Gasteiger partial charge in [-0.15, -0.1) is 0 Å². The number of fused-ring (bicyclic) bond motifs is 1. The molecule has 1 aliphatic rings. The number of amides is 1. The molecule has 0 aliphatic carbocycles. The van der Waals surface area contributed by atoms with Gasteiger partial charge in [0.05, 0.1) is 17.1 Å². The van der Waals surface area contributed by atoms with Gasteiger partial charge in [-0.25, -0.2) is 4.98 Å². The molecule has 4 aromatic rings. The zero-order valence-corrected chi connectivity index (χ0v) is 20.8. The quantitative estimate of drug-likeness (QED) is 0.369. The number of benzene rings is 1. The fourth-order valence-electron chi connectivity index (χ4n) is 4.34. The molecule has 1 amide bonds.